The Morgan fingerprint density at radius 1 is 0.607 bits per heavy atom. The van der Waals surface area contributed by atoms with Gasteiger partial charge in [-0.2, -0.15) is 0 Å². The van der Waals surface area contributed by atoms with Crippen LogP contribution in [0.1, 0.15) is 43.3 Å². The minimum absolute atomic E-state index is 0.152. The summed E-state index contributed by atoms with van der Waals surface area (Å²) < 4.78 is 2.45. The number of hydrogen-bond donors (Lipinski definition) is 0. The second-order valence-corrected chi connectivity index (χ2v) is 15.6. The maximum absolute atomic E-state index is 5.24. The maximum Gasteiger partial charge on any atom is 0.114 e. The standard InChI is InChI=1S/C52H40N4/c1-5-47-54-44-22-14-24-46-51(44)56(47)50-41(21-13-23-45(50)55(46)34-15-7-6-8-16-34)49-39-19-11-9-17-37(39)48(38-18-10-12-20-40(38)49)33-26-28-36-35-27-25-32(31-53-4)29-42(35)52(2,3)43(36)30-33/h6-31H,5H2,1-4H3/b53-31-. The number of hydrogen-bond acceptors (Lipinski definition) is 3. The summed E-state index contributed by atoms with van der Waals surface area (Å²) in [5.74, 6) is 1.06. The van der Waals surface area contributed by atoms with Crippen molar-refractivity contribution in [3.8, 4) is 39.1 Å². The number of aryl methyl sites for hydroxylation is 1. The first kappa shape index (κ1) is 32.6. The molecule has 1 aliphatic heterocycles. The first-order valence-electron chi connectivity index (χ1n) is 19.6. The number of nitrogens with zero attached hydrogens (tertiary/aromatic N) is 4. The van der Waals surface area contributed by atoms with E-state index < -0.39 is 0 Å². The zero-order chi connectivity index (χ0) is 37.7. The van der Waals surface area contributed by atoms with E-state index in [1.54, 1.807) is 0 Å². The number of fused-ring (bicyclic) bond motifs is 7. The van der Waals surface area contributed by atoms with Gasteiger partial charge in [0.15, 0.2) is 0 Å². The lowest BCUT2D eigenvalue weighted by molar-refractivity contribution is 0.660. The van der Waals surface area contributed by atoms with E-state index in [0.29, 0.717) is 0 Å². The van der Waals surface area contributed by atoms with Gasteiger partial charge in [0, 0.05) is 36.3 Å². The van der Waals surface area contributed by atoms with Crippen LogP contribution in [0.15, 0.2) is 157 Å². The van der Waals surface area contributed by atoms with Gasteiger partial charge >= 0.3 is 0 Å². The van der Waals surface area contributed by atoms with E-state index in [1.165, 1.54) is 71.7 Å². The van der Waals surface area contributed by atoms with E-state index in [1.807, 2.05) is 13.3 Å². The third-order valence-corrected chi connectivity index (χ3v) is 12.2. The lowest BCUT2D eigenvalue weighted by Crippen LogP contribution is -2.19. The van der Waals surface area contributed by atoms with Crippen molar-refractivity contribution < 1.29 is 0 Å². The van der Waals surface area contributed by atoms with Crippen LogP contribution < -0.4 is 4.90 Å². The Balaban J connectivity index is 1.20. The van der Waals surface area contributed by atoms with Crippen molar-refractivity contribution in [3.05, 3.63) is 174 Å². The molecule has 0 radical (unpaired) electrons. The number of aromatic nitrogens is 2. The normalized spacial score (nSPS) is 13.8. The molecule has 4 heteroatoms. The molecule has 0 fully saturated rings. The minimum atomic E-state index is -0.152. The Labute approximate surface area is 327 Å². The van der Waals surface area contributed by atoms with Crippen LogP contribution in [-0.4, -0.2) is 22.8 Å². The van der Waals surface area contributed by atoms with Crippen molar-refractivity contribution >= 4 is 55.9 Å². The smallest absolute Gasteiger partial charge is 0.114 e. The van der Waals surface area contributed by atoms with Gasteiger partial charge in [-0.05, 0) is 109 Å². The summed E-state index contributed by atoms with van der Waals surface area (Å²) in [7, 11) is 1.84. The van der Waals surface area contributed by atoms with Crippen molar-refractivity contribution in [2.45, 2.75) is 32.6 Å². The van der Waals surface area contributed by atoms with Gasteiger partial charge in [-0.15, -0.1) is 0 Å². The molecule has 9 aromatic rings. The van der Waals surface area contributed by atoms with E-state index in [-0.39, 0.29) is 5.41 Å². The van der Waals surface area contributed by atoms with Gasteiger partial charge in [0.05, 0.1) is 28.1 Å². The van der Waals surface area contributed by atoms with Crippen molar-refractivity contribution in [1.82, 2.24) is 9.55 Å². The van der Waals surface area contributed by atoms with Gasteiger partial charge in [-0.25, -0.2) is 4.98 Å². The molecule has 0 spiro atoms. The molecule has 2 aliphatic rings. The highest BCUT2D eigenvalue weighted by Gasteiger charge is 2.36. The highest BCUT2D eigenvalue weighted by molar-refractivity contribution is 6.23. The fourth-order valence-corrected chi connectivity index (χ4v) is 9.82. The maximum atomic E-state index is 5.24. The van der Waals surface area contributed by atoms with Crippen LogP contribution in [0.25, 0.3) is 71.6 Å². The van der Waals surface area contributed by atoms with Crippen LogP contribution in [0, 0.1) is 0 Å². The monoisotopic (exact) mass is 720 g/mol. The Morgan fingerprint density at radius 2 is 1.23 bits per heavy atom. The summed E-state index contributed by atoms with van der Waals surface area (Å²) in [4.78, 5) is 12.0. The van der Waals surface area contributed by atoms with Crippen LogP contribution in [0.2, 0.25) is 0 Å². The van der Waals surface area contributed by atoms with Crippen LogP contribution in [0.3, 0.4) is 0 Å². The SMILES string of the molecule is CCc1nc2cccc3c2n1-c1c(-c2c4ccccc4c(-c4ccc5c(c4)C(C)(C)c4cc(/C=N\C)ccc4-5)c4ccccc24)cccc1N3c1ccccc1. The lowest BCUT2D eigenvalue weighted by atomic mass is 9.80. The first-order valence-corrected chi connectivity index (χ1v) is 19.6. The molecule has 268 valence electrons. The Bertz CT molecular complexity index is 3050. The van der Waals surface area contributed by atoms with Crippen molar-refractivity contribution in [1.29, 1.82) is 0 Å². The van der Waals surface area contributed by atoms with Gasteiger partial charge in [-0.1, -0.05) is 130 Å². The van der Waals surface area contributed by atoms with E-state index in [4.69, 9.17) is 4.98 Å². The minimum Gasteiger partial charge on any atom is -0.306 e. The number of para-hydroxylation sites is 3. The predicted molar refractivity (Wildman–Crippen MR) is 236 cm³/mol. The van der Waals surface area contributed by atoms with Crippen molar-refractivity contribution in [2.75, 3.05) is 11.9 Å². The molecular weight excluding hydrogens is 681 g/mol. The summed E-state index contributed by atoms with van der Waals surface area (Å²) in [6, 6.07) is 56.1. The average molecular weight is 721 g/mol. The zero-order valence-corrected chi connectivity index (χ0v) is 32.0. The molecule has 8 aromatic carbocycles. The van der Waals surface area contributed by atoms with Crippen molar-refractivity contribution in [3.63, 3.8) is 0 Å². The fraction of sp³-hybridized carbons (Fsp3) is 0.115. The topological polar surface area (TPSA) is 33.4 Å². The molecule has 11 rings (SSSR count). The number of benzene rings is 8. The summed E-state index contributed by atoms with van der Waals surface area (Å²) in [5, 5.41) is 4.97. The van der Waals surface area contributed by atoms with Gasteiger partial charge < -0.3 is 4.90 Å². The Hall–Kier alpha value is -6.78. The quantitative estimate of drug-likeness (QED) is 0.131. The second kappa shape index (κ2) is 12.1. The summed E-state index contributed by atoms with van der Waals surface area (Å²) in [6.07, 6.45) is 2.77. The highest BCUT2D eigenvalue weighted by atomic mass is 15.2. The van der Waals surface area contributed by atoms with Crippen LogP contribution in [-0.2, 0) is 11.8 Å². The van der Waals surface area contributed by atoms with Gasteiger partial charge in [0.25, 0.3) is 0 Å². The number of aliphatic imine (C=N–C) groups is 1. The Morgan fingerprint density at radius 3 is 1.93 bits per heavy atom. The Kier molecular flexibility index (Phi) is 7.06. The molecule has 0 saturated heterocycles. The first-order chi connectivity index (χ1) is 27.5. The molecule has 0 unspecified atom stereocenters. The summed E-state index contributed by atoms with van der Waals surface area (Å²) >= 11 is 0. The van der Waals surface area contributed by atoms with Crippen LogP contribution >= 0.6 is 0 Å². The molecular formula is C52H40N4. The van der Waals surface area contributed by atoms with E-state index in [0.717, 1.165) is 45.9 Å². The van der Waals surface area contributed by atoms with E-state index >= 15 is 0 Å². The predicted octanol–water partition coefficient (Wildman–Crippen LogP) is 13.4. The van der Waals surface area contributed by atoms with Crippen LogP contribution in [0.4, 0.5) is 17.1 Å². The molecule has 1 aliphatic carbocycles. The largest absolute Gasteiger partial charge is 0.306 e. The summed E-state index contributed by atoms with van der Waals surface area (Å²) in [5.41, 5.74) is 18.0. The van der Waals surface area contributed by atoms with Gasteiger partial charge in [-0.3, -0.25) is 9.56 Å². The van der Waals surface area contributed by atoms with Crippen LogP contribution in [0.5, 0.6) is 0 Å². The molecule has 4 nitrogen and oxygen atoms in total. The zero-order valence-electron chi connectivity index (χ0n) is 32.0. The second-order valence-electron chi connectivity index (χ2n) is 15.6. The molecule has 0 saturated carbocycles. The molecule has 0 N–H and O–H groups in total. The lowest BCUT2D eigenvalue weighted by Gasteiger charge is -2.34. The molecule has 0 bridgehead atoms. The van der Waals surface area contributed by atoms with Gasteiger partial charge in [0.1, 0.15) is 5.82 Å². The van der Waals surface area contributed by atoms with E-state index in [9.17, 15) is 0 Å². The number of rotatable bonds is 5. The molecule has 0 atom stereocenters. The number of imidazole rings is 1. The molecule has 56 heavy (non-hydrogen) atoms. The average Bonchev–Trinajstić information content (AvgIpc) is 3.72. The fourth-order valence-electron chi connectivity index (χ4n) is 9.82. The van der Waals surface area contributed by atoms with E-state index in [2.05, 4.69) is 187 Å². The number of anilines is 3. The third kappa shape index (κ3) is 4.47. The highest BCUT2D eigenvalue weighted by Crippen LogP contribution is 2.54. The molecule has 2 heterocycles. The molecule has 1 aromatic heterocycles. The third-order valence-electron chi connectivity index (χ3n) is 12.2. The summed E-state index contributed by atoms with van der Waals surface area (Å²) in [6.45, 7) is 6.94. The van der Waals surface area contributed by atoms with Gasteiger partial charge in [0.2, 0.25) is 0 Å². The molecule has 0 amide bonds. The van der Waals surface area contributed by atoms with Crippen molar-refractivity contribution in [2.24, 2.45) is 4.99 Å².